The summed E-state index contributed by atoms with van der Waals surface area (Å²) in [7, 11) is 1.56. The number of amides is 1. The molecule has 0 atom stereocenters. The van der Waals surface area contributed by atoms with Gasteiger partial charge in [0, 0.05) is 16.6 Å². The predicted octanol–water partition coefficient (Wildman–Crippen LogP) is 3.87. The fraction of sp³-hybridized carbons (Fsp3) is 0.286. The van der Waals surface area contributed by atoms with Crippen LogP contribution in [0.5, 0.6) is 11.5 Å². The summed E-state index contributed by atoms with van der Waals surface area (Å²) < 4.78 is 11.4. The zero-order valence-electron chi connectivity index (χ0n) is 11.9. The third-order valence-electron chi connectivity index (χ3n) is 2.62. The van der Waals surface area contributed by atoms with Gasteiger partial charge in [0.2, 0.25) is 0 Å². The van der Waals surface area contributed by atoms with Crippen molar-refractivity contribution in [2.75, 3.05) is 19.0 Å². The molecule has 2 aromatic rings. The minimum atomic E-state index is -0.242. The van der Waals surface area contributed by atoms with E-state index in [-0.39, 0.29) is 5.91 Å². The Labute approximate surface area is 135 Å². The van der Waals surface area contributed by atoms with E-state index in [2.05, 4.69) is 26.2 Å². The van der Waals surface area contributed by atoms with Gasteiger partial charge in [0.15, 0.2) is 16.6 Å². The van der Waals surface area contributed by atoms with Crippen LogP contribution in [0.15, 0.2) is 22.8 Å². The van der Waals surface area contributed by atoms with E-state index in [1.807, 2.05) is 13.8 Å². The van der Waals surface area contributed by atoms with Crippen LogP contribution in [-0.2, 0) is 0 Å². The number of aryl methyl sites for hydroxylation is 1. The van der Waals surface area contributed by atoms with Gasteiger partial charge in [-0.2, -0.15) is 0 Å². The third kappa shape index (κ3) is 3.74. The number of hydrogen-bond donors (Lipinski definition) is 1. The number of carbonyl (C=O) groups excluding carboxylic acids is 1. The van der Waals surface area contributed by atoms with Gasteiger partial charge >= 0.3 is 0 Å². The first-order valence-corrected chi connectivity index (χ1v) is 7.90. The van der Waals surface area contributed by atoms with Crippen molar-refractivity contribution in [2.45, 2.75) is 13.8 Å². The van der Waals surface area contributed by atoms with E-state index in [0.29, 0.717) is 33.3 Å². The Balaban J connectivity index is 2.28. The molecule has 0 spiro atoms. The molecule has 1 amide bonds. The van der Waals surface area contributed by atoms with Crippen LogP contribution in [0, 0.1) is 6.92 Å². The molecule has 7 heteroatoms. The Morgan fingerprint density at radius 2 is 2.24 bits per heavy atom. The summed E-state index contributed by atoms with van der Waals surface area (Å²) in [5.41, 5.74) is 0.471. The molecule has 1 N–H and O–H groups in total. The molecule has 112 valence electrons. The van der Waals surface area contributed by atoms with Crippen molar-refractivity contribution >= 4 is 38.3 Å². The van der Waals surface area contributed by atoms with E-state index in [4.69, 9.17) is 9.47 Å². The maximum absolute atomic E-state index is 12.3. The Kier molecular flexibility index (Phi) is 5.19. The van der Waals surface area contributed by atoms with E-state index < -0.39 is 0 Å². The predicted molar refractivity (Wildman–Crippen MR) is 86.7 cm³/mol. The highest BCUT2D eigenvalue weighted by atomic mass is 79.9. The number of nitrogens with zero attached hydrogens (tertiary/aromatic N) is 1. The van der Waals surface area contributed by atoms with Gasteiger partial charge in [-0.3, -0.25) is 10.1 Å². The number of aromatic nitrogens is 1. The van der Waals surface area contributed by atoms with Crippen LogP contribution in [0.3, 0.4) is 0 Å². The van der Waals surface area contributed by atoms with Gasteiger partial charge in [-0.05, 0) is 41.9 Å². The smallest absolute Gasteiger partial charge is 0.257 e. The second kappa shape index (κ2) is 6.91. The van der Waals surface area contributed by atoms with Crippen molar-refractivity contribution in [1.82, 2.24) is 4.98 Å². The highest BCUT2D eigenvalue weighted by molar-refractivity contribution is 9.10. The lowest BCUT2D eigenvalue weighted by Gasteiger charge is -2.12. The molecule has 2 rings (SSSR count). The van der Waals surface area contributed by atoms with E-state index in [1.54, 1.807) is 25.4 Å². The topological polar surface area (TPSA) is 60.5 Å². The molecule has 5 nitrogen and oxygen atoms in total. The molecular formula is C14H15BrN2O3S. The van der Waals surface area contributed by atoms with Gasteiger partial charge in [-0.25, -0.2) is 4.98 Å². The molecular weight excluding hydrogens is 356 g/mol. The highest BCUT2D eigenvalue weighted by Gasteiger charge is 2.16. The van der Waals surface area contributed by atoms with Crippen LogP contribution in [0.25, 0.3) is 0 Å². The summed E-state index contributed by atoms with van der Waals surface area (Å²) in [6.07, 6.45) is 1.72. The van der Waals surface area contributed by atoms with Crippen molar-refractivity contribution in [2.24, 2.45) is 0 Å². The lowest BCUT2D eigenvalue weighted by molar-refractivity contribution is 0.102. The Morgan fingerprint density at radius 3 is 2.81 bits per heavy atom. The summed E-state index contributed by atoms with van der Waals surface area (Å²) in [4.78, 5) is 17.4. The number of methoxy groups -OCH3 is 1. The molecule has 0 fully saturated rings. The normalized spacial score (nSPS) is 10.3. The molecule has 0 aliphatic heterocycles. The molecule has 0 aliphatic rings. The van der Waals surface area contributed by atoms with E-state index in [0.717, 1.165) is 4.88 Å². The van der Waals surface area contributed by atoms with Gasteiger partial charge in [-0.15, -0.1) is 11.3 Å². The largest absolute Gasteiger partial charge is 0.492 e. The molecule has 0 bridgehead atoms. The van der Waals surface area contributed by atoms with Gasteiger partial charge in [0.25, 0.3) is 5.91 Å². The van der Waals surface area contributed by atoms with Crippen LogP contribution >= 0.6 is 27.3 Å². The highest BCUT2D eigenvalue weighted by Crippen LogP contribution is 2.36. The van der Waals surface area contributed by atoms with Crippen molar-refractivity contribution in [3.8, 4) is 11.5 Å². The maximum Gasteiger partial charge on any atom is 0.257 e. The first kappa shape index (κ1) is 15.8. The van der Waals surface area contributed by atoms with Crippen molar-refractivity contribution in [1.29, 1.82) is 0 Å². The standard InChI is InChI=1S/C14H15BrN2O3S/c1-4-20-11-6-9(5-10(15)12(11)19-3)13(18)17-14-16-7-8(2)21-14/h5-7H,4H2,1-3H3,(H,16,17,18). The fourth-order valence-corrected chi connectivity index (χ4v) is 3.01. The van der Waals surface area contributed by atoms with Gasteiger partial charge in [-0.1, -0.05) is 0 Å². The monoisotopic (exact) mass is 370 g/mol. The third-order valence-corrected chi connectivity index (χ3v) is 4.03. The number of hydrogen-bond acceptors (Lipinski definition) is 5. The SMILES string of the molecule is CCOc1cc(C(=O)Nc2ncc(C)s2)cc(Br)c1OC. The number of ether oxygens (including phenoxy) is 2. The van der Waals surface area contributed by atoms with Crippen LogP contribution < -0.4 is 14.8 Å². The second-order valence-corrected chi connectivity index (χ2v) is 6.24. The molecule has 0 aliphatic carbocycles. The molecule has 21 heavy (non-hydrogen) atoms. The Morgan fingerprint density at radius 1 is 1.48 bits per heavy atom. The zero-order chi connectivity index (χ0) is 15.4. The van der Waals surface area contributed by atoms with Gasteiger partial charge < -0.3 is 9.47 Å². The first-order valence-electron chi connectivity index (χ1n) is 6.29. The summed E-state index contributed by atoms with van der Waals surface area (Å²) in [6, 6.07) is 3.35. The molecule has 1 aromatic heterocycles. The van der Waals surface area contributed by atoms with Gasteiger partial charge in [0.1, 0.15) is 0 Å². The Hall–Kier alpha value is -1.60. The summed E-state index contributed by atoms with van der Waals surface area (Å²) in [5.74, 6) is 0.849. The molecule has 0 saturated heterocycles. The summed E-state index contributed by atoms with van der Waals surface area (Å²) >= 11 is 4.81. The number of rotatable bonds is 5. The molecule has 0 unspecified atom stereocenters. The van der Waals surface area contributed by atoms with Crippen LogP contribution in [0.1, 0.15) is 22.2 Å². The quantitative estimate of drug-likeness (QED) is 0.867. The van der Waals surface area contributed by atoms with Crippen molar-refractivity contribution in [3.63, 3.8) is 0 Å². The Bertz CT molecular complexity index is 658. The van der Waals surface area contributed by atoms with E-state index in [9.17, 15) is 4.79 Å². The molecule has 0 saturated carbocycles. The number of anilines is 1. The van der Waals surface area contributed by atoms with Crippen LogP contribution in [0.2, 0.25) is 0 Å². The zero-order valence-corrected chi connectivity index (χ0v) is 14.3. The summed E-state index contributed by atoms with van der Waals surface area (Å²) in [5, 5.41) is 3.34. The molecule has 1 aromatic carbocycles. The van der Waals surface area contributed by atoms with Crippen LogP contribution in [-0.4, -0.2) is 24.6 Å². The number of carbonyl (C=O) groups is 1. The number of thiazole rings is 1. The second-order valence-electron chi connectivity index (χ2n) is 4.15. The van der Waals surface area contributed by atoms with Crippen LogP contribution in [0.4, 0.5) is 5.13 Å². The maximum atomic E-state index is 12.3. The fourth-order valence-electron chi connectivity index (χ4n) is 1.74. The summed E-state index contributed by atoms with van der Waals surface area (Å²) in [6.45, 7) is 4.29. The lowest BCUT2D eigenvalue weighted by atomic mass is 10.2. The van der Waals surface area contributed by atoms with Crippen molar-refractivity contribution < 1.29 is 14.3 Å². The van der Waals surface area contributed by atoms with E-state index in [1.165, 1.54) is 11.3 Å². The van der Waals surface area contributed by atoms with Crippen molar-refractivity contribution in [3.05, 3.63) is 33.2 Å². The van der Waals surface area contributed by atoms with Gasteiger partial charge in [0.05, 0.1) is 18.2 Å². The minimum absolute atomic E-state index is 0.242. The first-order chi connectivity index (χ1) is 10.0. The molecule has 1 heterocycles. The molecule has 0 radical (unpaired) electrons. The minimum Gasteiger partial charge on any atom is -0.492 e. The average Bonchev–Trinajstić information content (AvgIpc) is 2.84. The number of benzene rings is 1. The number of nitrogens with one attached hydrogen (secondary N) is 1. The van der Waals surface area contributed by atoms with E-state index >= 15 is 0 Å². The number of halogens is 1. The average molecular weight is 371 g/mol. The lowest BCUT2D eigenvalue weighted by Crippen LogP contribution is -2.12.